The van der Waals surface area contributed by atoms with Crippen LogP contribution >= 0.6 is 0 Å². The van der Waals surface area contributed by atoms with Gasteiger partial charge >= 0.3 is 0 Å². The first-order valence-corrected chi connectivity index (χ1v) is 6.83. The summed E-state index contributed by atoms with van der Waals surface area (Å²) in [6, 6.07) is 0. The fourth-order valence-corrected chi connectivity index (χ4v) is 2.12. The Labute approximate surface area is 99.9 Å². The van der Waals surface area contributed by atoms with E-state index in [0.29, 0.717) is 6.10 Å². The third-order valence-corrected chi connectivity index (χ3v) is 3.06. The van der Waals surface area contributed by atoms with E-state index in [2.05, 4.69) is 5.32 Å². The van der Waals surface area contributed by atoms with E-state index in [-0.39, 0.29) is 0 Å². The zero-order valence-corrected chi connectivity index (χ0v) is 10.7. The molecule has 0 atom stereocenters. The van der Waals surface area contributed by atoms with Crippen molar-refractivity contribution in [2.75, 3.05) is 32.9 Å². The highest BCUT2D eigenvalue weighted by Gasteiger charge is 2.11. The van der Waals surface area contributed by atoms with Gasteiger partial charge in [0, 0.05) is 19.7 Å². The molecule has 0 aromatic heterocycles. The van der Waals surface area contributed by atoms with E-state index in [0.717, 1.165) is 32.9 Å². The van der Waals surface area contributed by atoms with Gasteiger partial charge in [0.1, 0.15) is 0 Å². The van der Waals surface area contributed by atoms with Crippen LogP contribution in [0.25, 0.3) is 0 Å². The fraction of sp³-hybridized carbons (Fsp3) is 1.00. The maximum Gasteiger partial charge on any atom is 0.0594 e. The molecule has 16 heavy (non-hydrogen) atoms. The van der Waals surface area contributed by atoms with Gasteiger partial charge in [-0.1, -0.05) is 25.7 Å². The molecule has 1 aliphatic rings. The molecule has 0 bridgehead atoms. The summed E-state index contributed by atoms with van der Waals surface area (Å²) in [5.41, 5.74) is 0. The Balaban J connectivity index is 1.86. The van der Waals surface area contributed by atoms with E-state index >= 15 is 0 Å². The smallest absolute Gasteiger partial charge is 0.0594 e. The van der Waals surface area contributed by atoms with Crippen LogP contribution in [0.1, 0.15) is 45.4 Å². The lowest BCUT2D eigenvalue weighted by atomic mass is 10.1. The second kappa shape index (κ2) is 10.1. The molecule has 0 saturated heterocycles. The van der Waals surface area contributed by atoms with E-state index < -0.39 is 0 Å². The molecule has 1 aliphatic carbocycles. The van der Waals surface area contributed by atoms with Gasteiger partial charge in [-0.3, -0.25) is 0 Å². The predicted octanol–water partition coefficient (Wildman–Crippen LogP) is 2.35. The van der Waals surface area contributed by atoms with E-state index in [9.17, 15) is 0 Å². The summed E-state index contributed by atoms with van der Waals surface area (Å²) in [5.74, 6) is 0. The summed E-state index contributed by atoms with van der Waals surface area (Å²) in [6.07, 6.45) is 8.54. The topological polar surface area (TPSA) is 30.5 Å². The molecule has 0 spiro atoms. The average molecular weight is 229 g/mol. The first-order chi connectivity index (χ1) is 7.93. The first-order valence-electron chi connectivity index (χ1n) is 6.83. The Morgan fingerprint density at radius 3 is 2.38 bits per heavy atom. The summed E-state index contributed by atoms with van der Waals surface area (Å²) < 4.78 is 11.1. The summed E-state index contributed by atoms with van der Waals surface area (Å²) >= 11 is 0. The van der Waals surface area contributed by atoms with Crippen molar-refractivity contribution in [3.63, 3.8) is 0 Å². The Morgan fingerprint density at radius 2 is 1.69 bits per heavy atom. The summed E-state index contributed by atoms with van der Waals surface area (Å²) in [6.45, 7) is 6.36. The molecule has 0 radical (unpaired) electrons. The van der Waals surface area contributed by atoms with Crippen LogP contribution in [0.2, 0.25) is 0 Å². The van der Waals surface area contributed by atoms with E-state index in [1.807, 2.05) is 6.92 Å². The van der Waals surface area contributed by atoms with Crippen molar-refractivity contribution in [1.82, 2.24) is 5.32 Å². The Kier molecular flexibility index (Phi) is 8.77. The van der Waals surface area contributed by atoms with Crippen molar-refractivity contribution in [1.29, 1.82) is 0 Å². The normalized spacial score (nSPS) is 18.6. The maximum atomic E-state index is 5.87. The molecule has 1 N–H and O–H groups in total. The van der Waals surface area contributed by atoms with Crippen LogP contribution in [0.5, 0.6) is 0 Å². The Hall–Kier alpha value is -0.120. The molecule has 3 nitrogen and oxygen atoms in total. The highest BCUT2D eigenvalue weighted by molar-refractivity contribution is 4.64. The van der Waals surface area contributed by atoms with Gasteiger partial charge in [-0.2, -0.15) is 0 Å². The van der Waals surface area contributed by atoms with Crippen molar-refractivity contribution >= 4 is 0 Å². The molecule has 3 heteroatoms. The maximum absolute atomic E-state index is 5.87. The van der Waals surface area contributed by atoms with Crippen LogP contribution in [-0.4, -0.2) is 39.0 Å². The van der Waals surface area contributed by atoms with Crippen LogP contribution < -0.4 is 5.32 Å². The Morgan fingerprint density at radius 1 is 1.00 bits per heavy atom. The van der Waals surface area contributed by atoms with Gasteiger partial charge in [0.15, 0.2) is 0 Å². The lowest BCUT2D eigenvalue weighted by molar-refractivity contribution is 0.0442. The second-order valence-electron chi connectivity index (χ2n) is 4.43. The Bertz CT molecular complexity index is 145. The molecule has 1 fully saturated rings. The van der Waals surface area contributed by atoms with Crippen LogP contribution in [0.15, 0.2) is 0 Å². The minimum Gasteiger partial charge on any atom is -0.380 e. The largest absolute Gasteiger partial charge is 0.380 e. The van der Waals surface area contributed by atoms with E-state index in [4.69, 9.17) is 9.47 Å². The average Bonchev–Trinajstić information content (AvgIpc) is 2.56. The van der Waals surface area contributed by atoms with Crippen LogP contribution in [0.3, 0.4) is 0 Å². The molecule has 0 aromatic carbocycles. The third kappa shape index (κ3) is 7.20. The van der Waals surface area contributed by atoms with Crippen molar-refractivity contribution in [2.45, 2.75) is 51.6 Å². The van der Waals surface area contributed by atoms with Gasteiger partial charge in [0.25, 0.3) is 0 Å². The molecule has 1 saturated carbocycles. The van der Waals surface area contributed by atoms with E-state index in [1.165, 1.54) is 38.5 Å². The lowest BCUT2D eigenvalue weighted by Gasteiger charge is -2.15. The van der Waals surface area contributed by atoms with Gasteiger partial charge in [-0.25, -0.2) is 0 Å². The van der Waals surface area contributed by atoms with Crippen LogP contribution in [-0.2, 0) is 9.47 Å². The predicted molar refractivity (Wildman–Crippen MR) is 66.8 cm³/mol. The molecule has 96 valence electrons. The van der Waals surface area contributed by atoms with Gasteiger partial charge in [-0.15, -0.1) is 0 Å². The molecular formula is C13H27NO2. The number of rotatable bonds is 8. The van der Waals surface area contributed by atoms with E-state index in [1.54, 1.807) is 0 Å². The SMILES string of the molecule is CCOCCNCCOC1CCCCCC1. The van der Waals surface area contributed by atoms with Crippen LogP contribution in [0, 0.1) is 0 Å². The summed E-state index contributed by atoms with van der Waals surface area (Å²) in [7, 11) is 0. The minimum atomic E-state index is 0.524. The lowest BCUT2D eigenvalue weighted by Crippen LogP contribution is -2.26. The highest BCUT2D eigenvalue weighted by Crippen LogP contribution is 2.19. The number of nitrogens with one attached hydrogen (secondary N) is 1. The molecule has 0 unspecified atom stereocenters. The highest BCUT2D eigenvalue weighted by atomic mass is 16.5. The zero-order chi connectivity index (χ0) is 11.5. The molecule has 0 aliphatic heterocycles. The molecule has 0 heterocycles. The van der Waals surface area contributed by atoms with Gasteiger partial charge < -0.3 is 14.8 Å². The number of hydrogen-bond acceptors (Lipinski definition) is 3. The quantitative estimate of drug-likeness (QED) is 0.512. The van der Waals surface area contributed by atoms with Crippen molar-refractivity contribution < 1.29 is 9.47 Å². The van der Waals surface area contributed by atoms with Gasteiger partial charge in [-0.05, 0) is 19.8 Å². The number of hydrogen-bond donors (Lipinski definition) is 1. The van der Waals surface area contributed by atoms with Crippen molar-refractivity contribution in [3.05, 3.63) is 0 Å². The molecule has 0 aromatic rings. The van der Waals surface area contributed by atoms with Crippen LogP contribution in [0.4, 0.5) is 0 Å². The molecular weight excluding hydrogens is 202 g/mol. The minimum absolute atomic E-state index is 0.524. The standard InChI is InChI=1S/C13H27NO2/c1-2-15-11-9-14-10-12-16-13-7-5-3-4-6-8-13/h13-14H,2-12H2,1H3. The third-order valence-electron chi connectivity index (χ3n) is 3.06. The number of ether oxygens (including phenoxy) is 2. The van der Waals surface area contributed by atoms with Crippen molar-refractivity contribution in [2.24, 2.45) is 0 Å². The van der Waals surface area contributed by atoms with Gasteiger partial charge in [0.2, 0.25) is 0 Å². The second-order valence-corrected chi connectivity index (χ2v) is 4.43. The van der Waals surface area contributed by atoms with Crippen molar-refractivity contribution in [3.8, 4) is 0 Å². The summed E-state index contributed by atoms with van der Waals surface area (Å²) in [4.78, 5) is 0. The zero-order valence-electron chi connectivity index (χ0n) is 10.7. The summed E-state index contributed by atoms with van der Waals surface area (Å²) in [5, 5.41) is 3.33. The molecule has 0 amide bonds. The first kappa shape index (κ1) is 13.9. The monoisotopic (exact) mass is 229 g/mol. The van der Waals surface area contributed by atoms with Gasteiger partial charge in [0.05, 0.1) is 19.3 Å². The molecule has 1 rings (SSSR count). The fourth-order valence-electron chi connectivity index (χ4n) is 2.12.